The maximum Gasteiger partial charge on any atom is 0.344 e. The number of nitrogens with zero attached hydrogens (tertiary/aromatic N) is 3. The fourth-order valence-electron chi connectivity index (χ4n) is 3.22. The minimum atomic E-state index is -0.0774. The third kappa shape index (κ3) is 2.25. The van der Waals surface area contributed by atoms with E-state index in [1.807, 2.05) is 41.3 Å². The molecule has 2 aliphatic heterocycles. The minimum absolute atomic E-state index is 0.00664. The number of carbonyl (C=O) groups is 1. The molecule has 2 fully saturated rings. The summed E-state index contributed by atoms with van der Waals surface area (Å²) < 4.78 is 4.91. The first-order valence-electron chi connectivity index (χ1n) is 7.50. The molecule has 6 heteroatoms. The molecule has 1 aromatic carbocycles. The van der Waals surface area contributed by atoms with Gasteiger partial charge in [0.25, 0.3) is 0 Å². The van der Waals surface area contributed by atoms with Crippen molar-refractivity contribution in [2.45, 2.75) is 31.5 Å². The molecule has 0 N–H and O–H groups in total. The van der Waals surface area contributed by atoms with Gasteiger partial charge in [0.2, 0.25) is 0 Å². The van der Waals surface area contributed by atoms with Gasteiger partial charge in [-0.3, -0.25) is 4.84 Å². The fourth-order valence-corrected chi connectivity index (χ4v) is 3.22. The van der Waals surface area contributed by atoms with Crippen molar-refractivity contribution in [1.82, 2.24) is 15.1 Å². The van der Waals surface area contributed by atoms with Crippen LogP contribution < -0.4 is 0 Å². The van der Waals surface area contributed by atoms with Crippen LogP contribution in [0, 0.1) is 0 Å². The predicted molar refractivity (Wildman–Crippen MR) is 77.4 cm³/mol. The summed E-state index contributed by atoms with van der Waals surface area (Å²) >= 11 is 0. The van der Waals surface area contributed by atoms with Crippen molar-refractivity contribution in [3.8, 4) is 0 Å². The lowest BCUT2D eigenvalue weighted by Gasteiger charge is -2.28. The average molecular weight is 299 g/mol. The lowest BCUT2D eigenvalue weighted by Crippen LogP contribution is -2.34. The zero-order valence-corrected chi connectivity index (χ0v) is 12.1. The van der Waals surface area contributed by atoms with Crippen LogP contribution in [0.1, 0.15) is 30.1 Å². The highest BCUT2D eigenvalue weighted by Crippen LogP contribution is 2.37. The van der Waals surface area contributed by atoms with Crippen LogP contribution in [0.2, 0.25) is 0 Å². The Bertz CT molecular complexity index is 644. The first-order valence-corrected chi connectivity index (χ1v) is 7.50. The quantitative estimate of drug-likeness (QED) is 0.871. The second-order valence-corrected chi connectivity index (χ2v) is 5.69. The topological polar surface area (TPSA) is 58.8 Å². The van der Waals surface area contributed by atoms with E-state index in [9.17, 15) is 4.79 Å². The molecule has 0 aliphatic carbocycles. The Morgan fingerprint density at radius 3 is 2.86 bits per heavy atom. The number of hydrogen-bond acceptors (Lipinski definition) is 4. The molecule has 0 spiro atoms. The normalized spacial score (nSPS) is 24.1. The van der Waals surface area contributed by atoms with Crippen molar-refractivity contribution in [1.29, 1.82) is 0 Å². The van der Waals surface area contributed by atoms with E-state index >= 15 is 0 Å². The standard InChI is InChI=1S/C16H17N3O3/c20-16-18-10-13(6-7-15(18)14-8-9-21-17-14)19(16)22-11-12-4-2-1-3-5-12/h1-5,8-9,13,15H,6-7,10-11H2/t13-,15+/m1/s1. The molecular formula is C16H17N3O3. The number of rotatable bonds is 4. The smallest absolute Gasteiger partial charge is 0.344 e. The van der Waals surface area contributed by atoms with Crippen LogP contribution in [0.15, 0.2) is 47.2 Å². The molecular weight excluding hydrogens is 282 g/mol. The molecule has 6 nitrogen and oxygen atoms in total. The van der Waals surface area contributed by atoms with Crippen LogP contribution in [-0.4, -0.2) is 33.7 Å². The molecule has 114 valence electrons. The zero-order valence-electron chi connectivity index (χ0n) is 12.1. The second-order valence-electron chi connectivity index (χ2n) is 5.69. The summed E-state index contributed by atoms with van der Waals surface area (Å²) in [5, 5.41) is 5.52. The summed E-state index contributed by atoms with van der Waals surface area (Å²) in [5.74, 6) is 0. The Hall–Kier alpha value is -2.34. The largest absolute Gasteiger partial charge is 0.364 e. The molecule has 2 aromatic rings. The van der Waals surface area contributed by atoms with Gasteiger partial charge in [-0.05, 0) is 18.4 Å². The van der Waals surface area contributed by atoms with Crippen molar-refractivity contribution in [3.05, 3.63) is 53.9 Å². The van der Waals surface area contributed by atoms with E-state index in [4.69, 9.17) is 9.36 Å². The van der Waals surface area contributed by atoms with Crippen LogP contribution in [0.3, 0.4) is 0 Å². The molecule has 0 saturated carbocycles. The molecule has 4 rings (SSSR count). The van der Waals surface area contributed by atoms with Gasteiger partial charge in [-0.2, -0.15) is 5.06 Å². The molecule has 0 unspecified atom stereocenters. The van der Waals surface area contributed by atoms with Crippen LogP contribution >= 0.6 is 0 Å². The maximum atomic E-state index is 12.6. The van der Waals surface area contributed by atoms with Crippen LogP contribution in [0.4, 0.5) is 4.79 Å². The summed E-state index contributed by atoms with van der Waals surface area (Å²) in [5.41, 5.74) is 1.87. The summed E-state index contributed by atoms with van der Waals surface area (Å²) in [7, 11) is 0. The molecule has 1 aromatic heterocycles. The van der Waals surface area contributed by atoms with Gasteiger partial charge in [-0.15, -0.1) is 0 Å². The number of hydroxylamine groups is 2. The maximum absolute atomic E-state index is 12.6. The fraction of sp³-hybridized carbons (Fsp3) is 0.375. The van der Waals surface area contributed by atoms with E-state index in [2.05, 4.69) is 5.16 Å². The summed E-state index contributed by atoms with van der Waals surface area (Å²) in [6.45, 7) is 1.09. The first-order chi connectivity index (χ1) is 10.8. The Morgan fingerprint density at radius 2 is 2.09 bits per heavy atom. The van der Waals surface area contributed by atoms with Gasteiger partial charge in [0.15, 0.2) is 0 Å². The number of piperidine rings is 1. The number of aromatic nitrogens is 1. The molecule has 2 bridgehead atoms. The SMILES string of the molecule is O=C1N2C[C@@H](CC[C@H]2c2ccon2)N1OCc1ccccc1. The van der Waals surface area contributed by atoms with Gasteiger partial charge in [0, 0.05) is 12.6 Å². The van der Waals surface area contributed by atoms with Crippen molar-refractivity contribution in [2.75, 3.05) is 6.54 Å². The first kappa shape index (κ1) is 13.3. The predicted octanol–water partition coefficient (Wildman–Crippen LogP) is 2.75. The highest BCUT2D eigenvalue weighted by Gasteiger charge is 2.46. The Kier molecular flexibility index (Phi) is 3.31. The van der Waals surface area contributed by atoms with Crippen molar-refractivity contribution < 1.29 is 14.2 Å². The van der Waals surface area contributed by atoms with Gasteiger partial charge in [0.1, 0.15) is 18.6 Å². The van der Waals surface area contributed by atoms with Crippen LogP contribution in [0.25, 0.3) is 0 Å². The monoisotopic (exact) mass is 299 g/mol. The Morgan fingerprint density at radius 1 is 1.23 bits per heavy atom. The van der Waals surface area contributed by atoms with E-state index in [-0.39, 0.29) is 18.1 Å². The van der Waals surface area contributed by atoms with Crippen molar-refractivity contribution in [2.24, 2.45) is 0 Å². The molecule has 2 saturated heterocycles. The van der Waals surface area contributed by atoms with E-state index < -0.39 is 0 Å². The summed E-state index contributed by atoms with van der Waals surface area (Å²) in [6, 6.07) is 11.7. The van der Waals surface area contributed by atoms with Crippen molar-refractivity contribution in [3.63, 3.8) is 0 Å². The average Bonchev–Trinajstić information content (AvgIpc) is 3.17. The molecule has 2 amide bonds. The van der Waals surface area contributed by atoms with E-state index in [1.54, 1.807) is 6.26 Å². The Labute approximate surface area is 128 Å². The molecule has 3 heterocycles. The van der Waals surface area contributed by atoms with Gasteiger partial charge in [-0.25, -0.2) is 4.79 Å². The zero-order chi connectivity index (χ0) is 14.9. The summed E-state index contributed by atoms with van der Waals surface area (Å²) in [6.07, 6.45) is 3.34. The van der Waals surface area contributed by atoms with Gasteiger partial charge >= 0.3 is 6.03 Å². The number of hydrogen-bond donors (Lipinski definition) is 0. The number of fused-ring (bicyclic) bond motifs is 2. The highest BCUT2D eigenvalue weighted by atomic mass is 16.7. The third-order valence-corrected chi connectivity index (χ3v) is 4.34. The van der Waals surface area contributed by atoms with Crippen molar-refractivity contribution >= 4 is 6.03 Å². The van der Waals surface area contributed by atoms with E-state index in [0.29, 0.717) is 13.2 Å². The molecule has 22 heavy (non-hydrogen) atoms. The summed E-state index contributed by atoms with van der Waals surface area (Å²) in [4.78, 5) is 20.2. The van der Waals surface area contributed by atoms with Gasteiger partial charge in [-0.1, -0.05) is 35.5 Å². The number of urea groups is 1. The number of benzene rings is 1. The lowest BCUT2D eigenvalue weighted by atomic mass is 9.99. The van der Waals surface area contributed by atoms with Gasteiger partial charge in [0.05, 0.1) is 12.1 Å². The number of amides is 2. The third-order valence-electron chi connectivity index (χ3n) is 4.34. The van der Waals surface area contributed by atoms with Gasteiger partial charge < -0.3 is 9.42 Å². The van der Waals surface area contributed by atoms with E-state index in [0.717, 1.165) is 24.1 Å². The highest BCUT2D eigenvalue weighted by molar-refractivity contribution is 5.77. The molecule has 2 aliphatic rings. The van der Waals surface area contributed by atoms with Crippen LogP contribution in [0.5, 0.6) is 0 Å². The molecule has 0 radical (unpaired) electrons. The van der Waals surface area contributed by atoms with E-state index in [1.165, 1.54) is 5.06 Å². The number of carbonyl (C=O) groups excluding carboxylic acids is 1. The minimum Gasteiger partial charge on any atom is -0.364 e. The Balaban J connectivity index is 1.46. The second kappa shape index (κ2) is 5.46. The molecule has 2 atom stereocenters. The lowest BCUT2D eigenvalue weighted by molar-refractivity contribution is -0.140. The van der Waals surface area contributed by atoms with Crippen LogP contribution in [-0.2, 0) is 11.4 Å².